The van der Waals surface area contributed by atoms with E-state index in [2.05, 4.69) is 31.3 Å². The third kappa shape index (κ3) is 3.82. The third-order valence-electron chi connectivity index (χ3n) is 4.35. The quantitative estimate of drug-likeness (QED) is 0.868. The fraction of sp³-hybridized carbons (Fsp3) is 0.400. The Morgan fingerprint density at radius 1 is 1.04 bits per heavy atom. The molecule has 0 spiro atoms. The molecule has 0 fully saturated rings. The number of aryl methyl sites for hydroxylation is 1. The monoisotopic (exact) mass is 343 g/mol. The van der Waals surface area contributed by atoms with Crippen molar-refractivity contribution < 1.29 is 18.9 Å². The normalized spacial score (nSPS) is 14.1. The largest absolute Gasteiger partial charge is 0.496 e. The van der Waals surface area contributed by atoms with E-state index in [9.17, 15) is 0 Å². The van der Waals surface area contributed by atoms with Gasteiger partial charge in [-0.15, -0.1) is 0 Å². The molecule has 134 valence electrons. The number of nitrogens with one attached hydrogen (secondary N) is 1. The first-order chi connectivity index (χ1) is 12.1. The minimum Gasteiger partial charge on any atom is -0.496 e. The molecule has 1 aliphatic rings. The number of fused-ring (bicyclic) bond motifs is 1. The Balaban J connectivity index is 1.76. The van der Waals surface area contributed by atoms with Gasteiger partial charge < -0.3 is 24.3 Å². The van der Waals surface area contributed by atoms with Crippen LogP contribution in [-0.4, -0.2) is 27.4 Å². The second-order valence-electron chi connectivity index (χ2n) is 6.17. The van der Waals surface area contributed by atoms with Gasteiger partial charge in [0.25, 0.3) is 0 Å². The van der Waals surface area contributed by atoms with Crippen LogP contribution < -0.4 is 24.3 Å². The maximum atomic E-state index is 5.70. The number of rotatable bonds is 6. The van der Waals surface area contributed by atoms with E-state index in [0.29, 0.717) is 31.3 Å². The van der Waals surface area contributed by atoms with Gasteiger partial charge in [0.2, 0.25) is 5.75 Å². The summed E-state index contributed by atoms with van der Waals surface area (Å²) in [6.45, 7) is 6.01. The van der Waals surface area contributed by atoms with Crippen molar-refractivity contribution in [1.82, 2.24) is 5.32 Å². The highest BCUT2D eigenvalue weighted by Gasteiger charge is 2.19. The zero-order valence-corrected chi connectivity index (χ0v) is 15.2. The Kier molecular flexibility index (Phi) is 5.34. The van der Waals surface area contributed by atoms with Crippen molar-refractivity contribution in [2.45, 2.75) is 26.4 Å². The second-order valence-corrected chi connectivity index (χ2v) is 6.17. The standard InChI is InChI=1S/C20H25NO4/c1-13-5-6-17(22-3)16(9-13)14(2)21-12-15-10-18(23-4)20-19(11-15)24-7-8-25-20/h5-6,9-11,14,21H,7-8,12H2,1-4H3. The van der Waals surface area contributed by atoms with Crippen LogP contribution in [0.3, 0.4) is 0 Å². The maximum Gasteiger partial charge on any atom is 0.203 e. The van der Waals surface area contributed by atoms with Crippen LogP contribution >= 0.6 is 0 Å². The summed E-state index contributed by atoms with van der Waals surface area (Å²) in [6.07, 6.45) is 0. The highest BCUT2D eigenvalue weighted by molar-refractivity contribution is 5.54. The SMILES string of the molecule is COc1ccc(C)cc1C(C)NCc1cc(OC)c2c(c1)OCCO2. The fourth-order valence-electron chi connectivity index (χ4n) is 3.00. The van der Waals surface area contributed by atoms with E-state index in [4.69, 9.17) is 18.9 Å². The van der Waals surface area contributed by atoms with Crippen LogP contribution in [0.2, 0.25) is 0 Å². The molecular formula is C20H25NO4. The average molecular weight is 343 g/mol. The molecule has 0 saturated heterocycles. The summed E-state index contributed by atoms with van der Waals surface area (Å²) >= 11 is 0. The van der Waals surface area contributed by atoms with Gasteiger partial charge in [-0.1, -0.05) is 17.7 Å². The van der Waals surface area contributed by atoms with Gasteiger partial charge in [-0.3, -0.25) is 0 Å². The molecule has 1 N–H and O–H groups in total. The van der Waals surface area contributed by atoms with E-state index in [1.807, 2.05) is 18.2 Å². The summed E-state index contributed by atoms with van der Waals surface area (Å²) in [7, 11) is 3.34. The summed E-state index contributed by atoms with van der Waals surface area (Å²) in [5.74, 6) is 3.02. The van der Waals surface area contributed by atoms with Gasteiger partial charge in [0.05, 0.1) is 14.2 Å². The molecule has 0 bridgehead atoms. The van der Waals surface area contributed by atoms with Crippen molar-refractivity contribution in [3.8, 4) is 23.0 Å². The van der Waals surface area contributed by atoms with Gasteiger partial charge in [-0.05, 0) is 37.6 Å². The summed E-state index contributed by atoms with van der Waals surface area (Å²) in [5.41, 5.74) is 3.44. The van der Waals surface area contributed by atoms with Crippen LogP contribution in [0.4, 0.5) is 0 Å². The van der Waals surface area contributed by atoms with E-state index in [1.54, 1.807) is 14.2 Å². The molecule has 1 unspecified atom stereocenters. The van der Waals surface area contributed by atoms with Gasteiger partial charge in [0.1, 0.15) is 19.0 Å². The van der Waals surface area contributed by atoms with Gasteiger partial charge in [0.15, 0.2) is 11.5 Å². The lowest BCUT2D eigenvalue weighted by Gasteiger charge is -2.22. The van der Waals surface area contributed by atoms with Gasteiger partial charge in [-0.2, -0.15) is 0 Å². The number of benzene rings is 2. The van der Waals surface area contributed by atoms with Crippen molar-refractivity contribution in [3.05, 3.63) is 47.0 Å². The van der Waals surface area contributed by atoms with Crippen molar-refractivity contribution in [2.75, 3.05) is 27.4 Å². The third-order valence-corrected chi connectivity index (χ3v) is 4.35. The van der Waals surface area contributed by atoms with E-state index in [-0.39, 0.29) is 6.04 Å². The zero-order chi connectivity index (χ0) is 17.8. The molecule has 0 aromatic heterocycles. The lowest BCUT2D eigenvalue weighted by Crippen LogP contribution is -2.20. The van der Waals surface area contributed by atoms with Crippen LogP contribution in [0, 0.1) is 6.92 Å². The molecule has 1 atom stereocenters. The molecule has 2 aromatic rings. The molecular weight excluding hydrogens is 318 g/mol. The zero-order valence-electron chi connectivity index (χ0n) is 15.2. The Hall–Kier alpha value is -2.40. The van der Waals surface area contributed by atoms with Crippen molar-refractivity contribution in [2.24, 2.45) is 0 Å². The lowest BCUT2D eigenvalue weighted by atomic mass is 10.0. The molecule has 2 aromatic carbocycles. The van der Waals surface area contributed by atoms with Gasteiger partial charge in [0, 0.05) is 18.2 Å². The number of hydrogen-bond acceptors (Lipinski definition) is 5. The Labute approximate surface area is 148 Å². The average Bonchev–Trinajstić information content (AvgIpc) is 2.65. The topological polar surface area (TPSA) is 49.0 Å². The van der Waals surface area contributed by atoms with Crippen LogP contribution in [0.15, 0.2) is 30.3 Å². The molecule has 1 heterocycles. The summed E-state index contributed by atoms with van der Waals surface area (Å²) < 4.78 is 22.3. The Morgan fingerprint density at radius 2 is 1.80 bits per heavy atom. The second kappa shape index (κ2) is 7.66. The molecule has 0 aliphatic carbocycles. The molecule has 5 heteroatoms. The fourth-order valence-corrected chi connectivity index (χ4v) is 3.00. The van der Waals surface area contributed by atoms with Crippen LogP contribution in [0.1, 0.15) is 29.7 Å². The summed E-state index contributed by atoms with van der Waals surface area (Å²) in [5, 5.41) is 3.54. The molecule has 0 amide bonds. The molecule has 1 aliphatic heterocycles. The minimum atomic E-state index is 0.147. The smallest absolute Gasteiger partial charge is 0.203 e. The van der Waals surface area contributed by atoms with Crippen molar-refractivity contribution in [1.29, 1.82) is 0 Å². The number of methoxy groups -OCH3 is 2. The Bertz CT molecular complexity index is 727. The van der Waals surface area contributed by atoms with E-state index >= 15 is 0 Å². The molecule has 0 radical (unpaired) electrons. The molecule has 5 nitrogen and oxygen atoms in total. The predicted octanol–water partition coefficient (Wildman–Crippen LogP) is 3.63. The van der Waals surface area contributed by atoms with E-state index in [1.165, 1.54) is 5.56 Å². The first-order valence-electron chi connectivity index (χ1n) is 8.46. The minimum absolute atomic E-state index is 0.147. The number of hydrogen-bond donors (Lipinski definition) is 1. The highest BCUT2D eigenvalue weighted by Crippen LogP contribution is 2.40. The predicted molar refractivity (Wildman–Crippen MR) is 97.0 cm³/mol. The molecule has 3 rings (SSSR count). The van der Waals surface area contributed by atoms with Crippen LogP contribution in [-0.2, 0) is 6.54 Å². The Morgan fingerprint density at radius 3 is 2.56 bits per heavy atom. The first-order valence-corrected chi connectivity index (χ1v) is 8.46. The summed E-state index contributed by atoms with van der Waals surface area (Å²) in [4.78, 5) is 0. The number of ether oxygens (including phenoxy) is 4. The van der Waals surface area contributed by atoms with Crippen molar-refractivity contribution >= 4 is 0 Å². The maximum absolute atomic E-state index is 5.70. The highest BCUT2D eigenvalue weighted by atomic mass is 16.6. The van der Waals surface area contributed by atoms with Crippen molar-refractivity contribution in [3.63, 3.8) is 0 Å². The molecule has 25 heavy (non-hydrogen) atoms. The summed E-state index contributed by atoms with van der Waals surface area (Å²) in [6, 6.07) is 10.4. The van der Waals surface area contributed by atoms with Crippen LogP contribution in [0.25, 0.3) is 0 Å². The van der Waals surface area contributed by atoms with Gasteiger partial charge >= 0.3 is 0 Å². The van der Waals surface area contributed by atoms with Crippen LogP contribution in [0.5, 0.6) is 23.0 Å². The van der Waals surface area contributed by atoms with E-state index in [0.717, 1.165) is 22.6 Å². The van der Waals surface area contributed by atoms with E-state index < -0.39 is 0 Å². The first kappa shape index (κ1) is 17.4. The molecule has 0 saturated carbocycles. The lowest BCUT2D eigenvalue weighted by molar-refractivity contribution is 0.165. The van der Waals surface area contributed by atoms with Gasteiger partial charge in [-0.25, -0.2) is 0 Å².